The Morgan fingerprint density at radius 1 is 1.27 bits per heavy atom. The van der Waals surface area contributed by atoms with Gasteiger partial charge in [-0.3, -0.25) is 0 Å². The minimum Gasteiger partial charge on any atom is -0.494 e. The van der Waals surface area contributed by atoms with Gasteiger partial charge >= 0.3 is 0 Å². The normalized spacial score (nSPS) is 17.0. The summed E-state index contributed by atoms with van der Waals surface area (Å²) in [6, 6.07) is 3.61. The van der Waals surface area contributed by atoms with Gasteiger partial charge in [-0.15, -0.1) is 0 Å². The number of hydrogen-bond donors (Lipinski definition) is 0. The van der Waals surface area contributed by atoms with Crippen LogP contribution in [0.5, 0.6) is 5.75 Å². The summed E-state index contributed by atoms with van der Waals surface area (Å²) in [5, 5.41) is 0. The third-order valence-corrected chi connectivity index (χ3v) is 5.86. The van der Waals surface area contributed by atoms with Crippen molar-refractivity contribution >= 4 is 10.0 Å². The fourth-order valence-electron chi connectivity index (χ4n) is 2.61. The van der Waals surface area contributed by atoms with E-state index < -0.39 is 10.0 Å². The zero-order valence-corrected chi connectivity index (χ0v) is 14.6. The van der Waals surface area contributed by atoms with E-state index in [1.807, 2.05) is 33.8 Å². The molecular weight excluding hydrogens is 302 g/mol. The van der Waals surface area contributed by atoms with E-state index >= 15 is 0 Å². The summed E-state index contributed by atoms with van der Waals surface area (Å²) in [5.41, 5.74) is 1.65. The number of sulfonamides is 1. The number of morpholine rings is 1. The van der Waals surface area contributed by atoms with E-state index in [2.05, 4.69) is 0 Å². The van der Waals surface area contributed by atoms with Crippen LogP contribution in [0.3, 0.4) is 0 Å². The van der Waals surface area contributed by atoms with Crippen LogP contribution in [-0.4, -0.2) is 45.6 Å². The summed E-state index contributed by atoms with van der Waals surface area (Å²) >= 11 is 0. The molecule has 1 fully saturated rings. The van der Waals surface area contributed by atoms with Crippen LogP contribution >= 0.6 is 0 Å². The van der Waals surface area contributed by atoms with Crippen molar-refractivity contribution in [1.29, 1.82) is 0 Å². The van der Waals surface area contributed by atoms with Crippen molar-refractivity contribution < 1.29 is 17.9 Å². The molecule has 124 valence electrons. The van der Waals surface area contributed by atoms with E-state index in [0.29, 0.717) is 37.8 Å². The Morgan fingerprint density at radius 3 is 2.45 bits per heavy atom. The van der Waals surface area contributed by atoms with E-state index in [-0.39, 0.29) is 5.92 Å². The first-order valence-electron chi connectivity index (χ1n) is 7.73. The average molecular weight is 327 g/mol. The predicted octanol–water partition coefficient (Wildman–Crippen LogP) is 2.54. The van der Waals surface area contributed by atoms with Crippen molar-refractivity contribution in [1.82, 2.24) is 4.31 Å². The number of nitrogens with zero attached hydrogens (tertiary/aromatic N) is 1. The smallest absolute Gasteiger partial charge is 0.243 e. The quantitative estimate of drug-likeness (QED) is 0.834. The molecular formula is C16H25NO4S. The van der Waals surface area contributed by atoms with E-state index in [4.69, 9.17) is 9.47 Å². The molecule has 0 N–H and O–H groups in total. The molecule has 0 bridgehead atoms. The Hall–Kier alpha value is -1.11. The lowest BCUT2D eigenvalue weighted by atomic mass is 10.0. The van der Waals surface area contributed by atoms with Gasteiger partial charge in [0.05, 0.1) is 24.7 Å². The second kappa shape index (κ2) is 6.98. The van der Waals surface area contributed by atoms with Gasteiger partial charge in [0.15, 0.2) is 0 Å². The van der Waals surface area contributed by atoms with Gasteiger partial charge in [0, 0.05) is 13.1 Å². The first kappa shape index (κ1) is 17.2. The fraction of sp³-hybridized carbons (Fsp3) is 0.625. The van der Waals surface area contributed by atoms with Crippen molar-refractivity contribution in [2.24, 2.45) is 0 Å². The second-order valence-electron chi connectivity index (χ2n) is 5.76. The first-order valence-corrected chi connectivity index (χ1v) is 9.17. The predicted molar refractivity (Wildman–Crippen MR) is 86.0 cm³/mol. The van der Waals surface area contributed by atoms with E-state index in [1.165, 1.54) is 4.31 Å². The molecule has 1 aromatic rings. The summed E-state index contributed by atoms with van der Waals surface area (Å²) in [6.45, 7) is 10.1. The number of ether oxygens (including phenoxy) is 2. The molecule has 0 saturated carbocycles. The molecule has 0 amide bonds. The highest BCUT2D eigenvalue weighted by Gasteiger charge is 2.29. The third-order valence-electron chi connectivity index (χ3n) is 3.82. The maximum absolute atomic E-state index is 12.9. The molecule has 1 aromatic carbocycles. The Kier molecular flexibility index (Phi) is 5.47. The lowest BCUT2D eigenvalue weighted by Crippen LogP contribution is -2.40. The van der Waals surface area contributed by atoms with Crippen molar-refractivity contribution in [3.05, 3.63) is 23.3 Å². The molecule has 2 rings (SSSR count). The molecule has 0 spiro atoms. The van der Waals surface area contributed by atoms with Crippen LogP contribution in [0.25, 0.3) is 0 Å². The molecule has 0 atom stereocenters. The van der Waals surface area contributed by atoms with Crippen LogP contribution in [0.2, 0.25) is 0 Å². The number of benzene rings is 1. The van der Waals surface area contributed by atoms with Crippen molar-refractivity contribution in [2.45, 2.75) is 38.5 Å². The summed E-state index contributed by atoms with van der Waals surface area (Å²) in [5.74, 6) is 0.969. The number of rotatable bonds is 5. The molecule has 6 heteroatoms. The lowest BCUT2D eigenvalue weighted by Gasteiger charge is -2.27. The third kappa shape index (κ3) is 3.45. The molecule has 0 radical (unpaired) electrons. The van der Waals surface area contributed by atoms with Gasteiger partial charge in [0.25, 0.3) is 0 Å². The molecule has 5 nitrogen and oxygen atoms in total. The Labute approximate surface area is 133 Å². The van der Waals surface area contributed by atoms with Crippen molar-refractivity contribution in [2.75, 3.05) is 32.9 Å². The fourth-order valence-corrected chi connectivity index (χ4v) is 4.26. The van der Waals surface area contributed by atoms with Crippen LogP contribution in [0.15, 0.2) is 17.0 Å². The second-order valence-corrected chi connectivity index (χ2v) is 7.67. The molecule has 0 unspecified atom stereocenters. The van der Waals surface area contributed by atoms with E-state index in [9.17, 15) is 8.42 Å². The van der Waals surface area contributed by atoms with Crippen LogP contribution in [0.4, 0.5) is 0 Å². The minimum absolute atomic E-state index is 0.195. The highest BCUT2D eigenvalue weighted by Crippen LogP contribution is 2.33. The first-order chi connectivity index (χ1) is 10.4. The number of hydrogen-bond acceptors (Lipinski definition) is 4. The van der Waals surface area contributed by atoms with Crippen LogP contribution in [-0.2, 0) is 14.8 Å². The Balaban J connectivity index is 2.48. The maximum atomic E-state index is 12.9. The van der Waals surface area contributed by atoms with Gasteiger partial charge in [0.1, 0.15) is 5.75 Å². The monoisotopic (exact) mass is 327 g/mol. The van der Waals surface area contributed by atoms with Crippen molar-refractivity contribution in [3.63, 3.8) is 0 Å². The largest absolute Gasteiger partial charge is 0.494 e. The van der Waals surface area contributed by atoms with Crippen LogP contribution < -0.4 is 4.74 Å². The summed E-state index contributed by atoms with van der Waals surface area (Å²) in [6.07, 6.45) is 0. The van der Waals surface area contributed by atoms with Gasteiger partial charge in [0.2, 0.25) is 10.0 Å². The van der Waals surface area contributed by atoms with Gasteiger partial charge < -0.3 is 9.47 Å². The Morgan fingerprint density at radius 2 is 1.91 bits per heavy atom. The highest BCUT2D eigenvalue weighted by atomic mass is 32.2. The SMILES string of the molecule is CCOc1cc(C)c(S(=O)(=O)N2CCOCC2)cc1C(C)C. The lowest BCUT2D eigenvalue weighted by molar-refractivity contribution is 0.0730. The standard InChI is InChI=1S/C16H25NO4S/c1-5-21-15-10-13(4)16(11-14(15)12(2)3)22(18,19)17-6-8-20-9-7-17/h10-12H,5-9H2,1-4H3. The molecule has 0 aromatic heterocycles. The molecule has 1 aliphatic heterocycles. The van der Waals surface area contributed by atoms with Gasteiger partial charge in [-0.1, -0.05) is 13.8 Å². The molecule has 1 saturated heterocycles. The zero-order valence-electron chi connectivity index (χ0n) is 13.8. The minimum atomic E-state index is -3.48. The van der Waals surface area contributed by atoms with E-state index in [1.54, 1.807) is 6.07 Å². The van der Waals surface area contributed by atoms with Gasteiger partial charge in [-0.25, -0.2) is 8.42 Å². The highest BCUT2D eigenvalue weighted by molar-refractivity contribution is 7.89. The molecule has 22 heavy (non-hydrogen) atoms. The summed E-state index contributed by atoms with van der Waals surface area (Å²) in [4.78, 5) is 0.376. The van der Waals surface area contributed by atoms with Crippen molar-refractivity contribution in [3.8, 4) is 5.75 Å². The van der Waals surface area contributed by atoms with E-state index in [0.717, 1.165) is 16.9 Å². The molecule has 0 aliphatic carbocycles. The van der Waals surface area contributed by atoms with Gasteiger partial charge in [-0.2, -0.15) is 4.31 Å². The van der Waals surface area contributed by atoms with Crippen LogP contribution in [0, 0.1) is 6.92 Å². The van der Waals surface area contributed by atoms with Gasteiger partial charge in [-0.05, 0) is 43.0 Å². The topological polar surface area (TPSA) is 55.8 Å². The zero-order chi connectivity index (χ0) is 16.3. The molecule has 1 aliphatic rings. The summed E-state index contributed by atoms with van der Waals surface area (Å²) in [7, 11) is -3.48. The number of aryl methyl sites for hydroxylation is 1. The molecule has 1 heterocycles. The maximum Gasteiger partial charge on any atom is 0.243 e. The average Bonchev–Trinajstić information content (AvgIpc) is 2.48. The Bertz CT molecular complexity index is 619. The van der Waals surface area contributed by atoms with Crippen LogP contribution in [0.1, 0.15) is 37.8 Å². The summed E-state index contributed by atoms with van der Waals surface area (Å²) < 4.78 is 38.2.